The Morgan fingerprint density at radius 2 is 1.62 bits per heavy atom. The van der Waals surface area contributed by atoms with Crippen molar-refractivity contribution < 1.29 is 9.59 Å². The summed E-state index contributed by atoms with van der Waals surface area (Å²) in [6.45, 7) is 2.43. The van der Waals surface area contributed by atoms with Gasteiger partial charge in [0.2, 0.25) is 0 Å². The molecule has 0 atom stereocenters. The second-order valence-electron chi connectivity index (χ2n) is 6.99. The van der Waals surface area contributed by atoms with Crippen molar-refractivity contribution in [3.05, 3.63) is 89.2 Å². The largest absolute Gasteiger partial charge is 0.378 e. The molecule has 29 heavy (non-hydrogen) atoms. The Bertz CT molecular complexity index is 996. The van der Waals surface area contributed by atoms with Crippen molar-refractivity contribution in [2.75, 3.05) is 24.3 Å². The molecule has 1 aromatic heterocycles. The molecule has 6 heteroatoms. The van der Waals surface area contributed by atoms with E-state index in [-0.39, 0.29) is 17.5 Å². The third-order valence-electron chi connectivity index (χ3n) is 4.47. The Balaban J connectivity index is 1.63. The van der Waals surface area contributed by atoms with Gasteiger partial charge in [0.05, 0.1) is 0 Å². The first-order valence-corrected chi connectivity index (χ1v) is 9.31. The number of anilines is 2. The van der Waals surface area contributed by atoms with Crippen molar-refractivity contribution in [2.24, 2.45) is 0 Å². The van der Waals surface area contributed by atoms with Gasteiger partial charge in [0, 0.05) is 43.8 Å². The maximum absolute atomic E-state index is 12.5. The van der Waals surface area contributed by atoms with E-state index in [1.54, 1.807) is 6.07 Å². The number of carbonyl (C=O) groups excluding carboxylic acids is 2. The average molecular weight is 388 g/mol. The van der Waals surface area contributed by atoms with E-state index in [0.717, 1.165) is 11.3 Å². The zero-order chi connectivity index (χ0) is 20.8. The van der Waals surface area contributed by atoms with Crippen molar-refractivity contribution in [2.45, 2.75) is 13.5 Å². The Kier molecular flexibility index (Phi) is 6.24. The summed E-state index contributed by atoms with van der Waals surface area (Å²) in [5, 5.41) is 5.67. The highest BCUT2D eigenvalue weighted by atomic mass is 16.2. The topological polar surface area (TPSA) is 74.3 Å². The highest BCUT2D eigenvalue weighted by Gasteiger charge is 2.12. The third-order valence-corrected chi connectivity index (χ3v) is 4.47. The number of aromatic nitrogens is 1. The summed E-state index contributed by atoms with van der Waals surface area (Å²) in [5.74, 6) is -0.617. The molecule has 3 rings (SSSR count). The molecule has 2 N–H and O–H groups in total. The summed E-state index contributed by atoms with van der Waals surface area (Å²) in [5.41, 5.74) is 4.45. The lowest BCUT2D eigenvalue weighted by Crippen LogP contribution is -2.23. The van der Waals surface area contributed by atoms with E-state index < -0.39 is 0 Å². The van der Waals surface area contributed by atoms with Crippen molar-refractivity contribution in [1.82, 2.24) is 10.3 Å². The summed E-state index contributed by atoms with van der Waals surface area (Å²) < 4.78 is 0. The van der Waals surface area contributed by atoms with Gasteiger partial charge >= 0.3 is 0 Å². The lowest BCUT2D eigenvalue weighted by molar-refractivity contribution is 0.0951. The van der Waals surface area contributed by atoms with Gasteiger partial charge < -0.3 is 15.5 Å². The van der Waals surface area contributed by atoms with E-state index >= 15 is 0 Å². The number of rotatable bonds is 6. The lowest BCUT2D eigenvalue weighted by atomic mass is 10.1. The number of carbonyl (C=O) groups is 2. The van der Waals surface area contributed by atoms with Crippen LogP contribution >= 0.6 is 0 Å². The molecule has 1 heterocycles. The molecule has 148 valence electrons. The Labute approximate surface area is 170 Å². The Morgan fingerprint density at radius 3 is 2.28 bits per heavy atom. The van der Waals surface area contributed by atoms with Crippen LogP contribution in [0.3, 0.4) is 0 Å². The number of hydrogen-bond donors (Lipinski definition) is 2. The molecule has 0 bridgehead atoms. The van der Waals surface area contributed by atoms with Gasteiger partial charge in [-0.2, -0.15) is 0 Å². The van der Waals surface area contributed by atoms with E-state index in [4.69, 9.17) is 0 Å². The van der Waals surface area contributed by atoms with Crippen LogP contribution in [0.25, 0.3) is 0 Å². The monoisotopic (exact) mass is 388 g/mol. The zero-order valence-corrected chi connectivity index (χ0v) is 16.8. The molecule has 2 aromatic carbocycles. The normalized spacial score (nSPS) is 10.3. The average Bonchev–Trinajstić information content (AvgIpc) is 2.73. The van der Waals surface area contributed by atoms with E-state index in [0.29, 0.717) is 17.8 Å². The van der Waals surface area contributed by atoms with Crippen LogP contribution in [0.15, 0.2) is 66.9 Å². The number of hydrogen-bond acceptors (Lipinski definition) is 4. The minimum absolute atomic E-state index is 0.185. The molecule has 0 aliphatic rings. The predicted molar refractivity (Wildman–Crippen MR) is 115 cm³/mol. The highest BCUT2D eigenvalue weighted by Crippen LogP contribution is 2.16. The molecular formula is C23H24N4O2. The van der Waals surface area contributed by atoms with Crippen LogP contribution in [0.5, 0.6) is 0 Å². The summed E-state index contributed by atoms with van der Waals surface area (Å²) >= 11 is 0. The van der Waals surface area contributed by atoms with Gasteiger partial charge in [-0.05, 0) is 48.9 Å². The SMILES string of the molecule is Cc1ccc(CNC(=O)c2ccnc(C(=O)Nc3ccc(N(C)C)cc3)c2)cc1. The Morgan fingerprint density at radius 1 is 0.931 bits per heavy atom. The van der Waals surface area contributed by atoms with Crippen molar-refractivity contribution in [3.63, 3.8) is 0 Å². The van der Waals surface area contributed by atoms with Crippen LogP contribution in [0.4, 0.5) is 11.4 Å². The van der Waals surface area contributed by atoms with Gasteiger partial charge in [0.15, 0.2) is 0 Å². The molecule has 0 unspecified atom stereocenters. The maximum Gasteiger partial charge on any atom is 0.274 e. The van der Waals surface area contributed by atoms with Crippen molar-refractivity contribution in [3.8, 4) is 0 Å². The zero-order valence-electron chi connectivity index (χ0n) is 16.8. The number of nitrogens with one attached hydrogen (secondary N) is 2. The summed E-state index contributed by atoms with van der Waals surface area (Å²) in [6, 6.07) is 18.5. The van der Waals surface area contributed by atoms with Crippen molar-refractivity contribution >= 4 is 23.2 Å². The van der Waals surface area contributed by atoms with Gasteiger partial charge in [0.1, 0.15) is 5.69 Å². The van der Waals surface area contributed by atoms with Crippen LogP contribution < -0.4 is 15.5 Å². The fourth-order valence-electron chi connectivity index (χ4n) is 2.72. The van der Waals surface area contributed by atoms with Crippen LogP contribution in [0.2, 0.25) is 0 Å². The number of aryl methyl sites for hydroxylation is 1. The van der Waals surface area contributed by atoms with Gasteiger partial charge in [-0.3, -0.25) is 14.6 Å². The van der Waals surface area contributed by atoms with Crippen LogP contribution in [-0.4, -0.2) is 30.9 Å². The number of benzene rings is 2. The fraction of sp³-hybridized carbons (Fsp3) is 0.174. The molecular weight excluding hydrogens is 364 g/mol. The van der Waals surface area contributed by atoms with Gasteiger partial charge in [-0.1, -0.05) is 29.8 Å². The second kappa shape index (κ2) is 9.01. The van der Waals surface area contributed by atoms with E-state index in [1.165, 1.54) is 17.8 Å². The molecule has 0 saturated carbocycles. The molecule has 3 aromatic rings. The molecule has 6 nitrogen and oxygen atoms in total. The summed E-state index contributed by atoms with van der Waals surface area (Å²) in [4.78, 5) is 31.0. The minimum atomic E-state index is -0.365. The summed E-state index contributed by atoms with van der Waals surface area (Å²) in [7, 11) is 3.90. The van der Waals surface area contributed by atoms with E-state index in [1.807, 2.05) is 74.4 Å². The molecule has 0 saturated heterocycles. The number of pyridine rings is 1. The second-order valence-corrected chi connectivity index (χ2v) is 6.99. The molecule has 0 spiro atoms. The highest BCUT2D eigenvalue weighted by molar-refractivity contribution is 6.04. The van der Waals surface area contributed by atoms with Crippen molar-refractivity contribution in [1.29, 1.82) is 0 Å². The van der Waals surface area contributed by atoms with Crippen LogP contribution in [0, 0.1) is 6.92 Å². The smallest absolute Gasteiger partial charge is 0.274 e. The van der Waals surface area contributed by atoms with E-state index in [2.05, 4.69) is 15.6 Å². The summed E-state index contributed by atoms with van der Waals surface area (Å²) in [6.07, 6.45) is 1.46. The van der Waals surface area contributed by atoms with Gasteiger partial charge in [0.25, 0.3) is 11.8 Å². The first kappa shape index (κ1) is 20.1. The third kappa shape index (κ3) is 5.42. The minimum Gasteiger partial charge on any atom is -0.378 e. The number of amides is 2. The molecule has 0 aliphatic heterocycles. The first-order chi connectivity index (χ1) is 13.9. The van der Waals surface area contributed by atoms with E-state index in [9.17, 15) is 9.59 Å². The quantitative estimate of drug-likeness (QED) is 0.676. The molecule has 0 radical (unpaired) electrons. The molecule has 0 aliphatic carbocycles. The van der Waals surface area contributed by atoms with Gasteiger partial charge in [-0.15, -0.1) is 0 Å². The van der Waals surface area contributed by atoms with Crippen LogP contribution in [-0.2, 0) is 6.54 Å². The fourth-order valence-corrected chi connectivity index (χ4v) is 2.72. The lowest BCUT2D eigenvalue weighted by Gasteiger charge is -2.13. The first-order valence-electron chi connectivity index (χ1n) is 9.31. The molecule has 2 amide bonds. The predicted octanol–water partition coefficient (Wildman–Crippen LogP) is 3.64. The van der Waals surface area contributed by atoms with Crippen LogP contribution in [0.1, 0.15) is 32.0 Å². The standard InChI is InChI=1S/C23H24N4O2/c1-16-4-6-17(7-5-16)15-25-22(28)18-12-13-24-21(14-18)23(29)26-19-8-10-20(11-9-19)27(2)3/h4-14H,15H2,1-3H3,(H,25,28)(H,26,29). The Hall–Kier alpha value is -3.67. The number of nitrogens with zero attached hydrogens (tertiary/aromatic N) is 2. The van der Waals surface area contributed by atoms with Gasteiger partial charge in [-0.25, -0.2) is 0 Å². The molecule has 0 fully saturated rings. The maximum atomic E-state index is 12.5.